The van der Waals surface area contributed by atoms with Gasteiger partial charge in [0.15, 0.2) is 0 Å². The fourth-order valence-corrected chi connectivity index (χ4v) is 7.61. The molecule has 10 rings (SSSR count). The topological polar surface area (TPSA) is 20.7 Å². The number of aromatic nitrogens is 2. The highest BCUT2D eigenvalue weighted by Gasteiger charge is 2.20. The standard InChI is InChI=1S/C42H26N2/c1-2-14-27-26(12-1)13-11-23-39(27)44-40-22-10-8-18-31(40)37-25-35(29-16-4-6-20-33(29)42(37)44)34-24-36-30-17-7-9-21-38(30)43-41(36)32-19-5-3-15-28(32)34/h1-25,43H. The highest BCUT2D eigenvalue weighted by atomic mass is 15.0. The van der Waals surface area contributed by atoms with Crippen LogP contribution in [-0.4, -0.2) is 9.55 Å². The normalized spacial score (nSPS) is 12.1. The van der Waals surface area contributed by atoms with Crippen LogP contribution in [0.4, 0.5) is 0 Å². The van der Waals surface area contributed by atoms with Crippen LogP contribution in [0.25, 0.3) is 92.7 Å². The first-order chi connectivity index (χ1) is 21.8. The van der Waals surface area contributed by atoms with Gasteiger partial charge in [0, 0.05) is 43.2 Å². The van der Waals surface area contributed by atoms with Gasteiger partial charge in [-0.05, 0) is 57.6 Å². The first-order valence-corrected chi connectivity index (χ1v) is 15.2. The third-order valence-corrected chi connectivity index (χ3v) is 9.49. The molecule has 2 heterocycles. The van der Waals surface area contributed by atoms with E-state index in [4.69, 9.17) is 0 Å². The summed E-state index contributed by atoms with van der Waals surface area (Å²) in [6, 6.07) is 55.5. The molecule has 44 heavy (non-hydrogen) atoms. The minimum absolute atomic E-state index is 1.17. The van der Waals surface area contributed by atoms with Gasteiger partial charge in [-0.25, -0.2) is 0 Å². The van der Waals surface area contributed by atoms with E-state index in [0.29, 0.717) is 0 Å². The van der Waals surface area contributed by atoms with Gasteiger partial charge in [-0.15, -0.1) is 0 Å². The molecule has 2 aromatic heterocycles. The van der Waals surface area contributed by atoms with Crippen LogP contribution in [0.2, 0.25) is 0 Å². The monoisotopic (exact) mass is 558 g/mol. The summed E-state index contributed by atoms with van der Waals surface area (Å²) < 4.78 is 2.49. The Hall–Kier alpha value is -5.86. The third kappa shape index (κ3) is 3.14. The Balaban J connectivity index is 1.40. The molecule has 10 aromatic rings. The number of nitrogens with one attached hydrogen (secondary N) is 1. The molecule has 2 heteroatoms. The maximum Gasteiger partial charge on any atom is 0.0620 e. The Labute approximate surface area is 253 Å². The van der Waals surface area contributed by atoms with E-state index in [1.54, 1.807) is 0 Å². The van der Waals surface area contributed by atoms with Crippen molar-refractivity contribution in [2.45, 2.75) is 0 Å². The Morgan fingerprint density at radius 1 is 0.386 bits per heavy atom. The summed E-state index contributed by atoms with van der Waals surface area (Å²) in [6.07, 6.45) is 0. The van der Waals surface area contributed by atoms with Gasteiger partial charge < -0.3 is 9.55 Å². The number of hydrogen-bond acceptors (Lipinski definition) is 0. The summed E-state index contributed by atoms with van der Waals surface area (Å²) in [5.74, 6) is 0. The summed E-state index contributed by atoms with van der Waals surface area (Å²) in [5.41, 5.74) is 8.57. The second-order valence-electron chi connectivity index (χ2n) is 11.8. The van der Waals surface area contributed by atoms with Crippen molar-refractivity contribution in [1.29, 1.82) is 0 Å². The second-order valence-corrected chi connectivity index (χ2v) is 11.8. The second kappa shape index (κ2) is 8.82. The van der Waals surface area contributed by atoms with Crippen LogP contribution in [0.1, 0.15) is 0 Å². The molecule has 0 saturated heterocycles. The summed E-state index contributed by atoms with van der Waals surface area (Å²) >= 11 is 0. The zero-order valence-corrected chi connectivity index (χ0v) is 23.9. The highest BCUT2D eigenvalue weighted by molar-refractivity contribution is 6.26. The lowest BCUT2D eigenvalue weighted by Crippen LogP contribution is -1.96. The molecule has 8 aromatic carbocycles. The van der Waals surface area contributed by atoms with Crippen LogP contribution in [0, 0.1) is 0 Å². The number of nitrogens with zero attached hydrogens (tertiary/aromatic N) is 1. The van der Waals surface area contributed by atoms with E-state index in [2.05, 4.69) is 161 Å². The van der Waals surface area contributed by atoms with Crippen LogP contribution in [0.5, 0.6) is 0 Å². The SMILES string of the molecule is c1ccc2c(-n3c4ccccc4c4cc(-c5cc6c7ccccc7[nH]c6c6ccccc56)c5ccccc5c43)cccc2c1. The van der Waals surface area contributed by atoms with Gasteiger partial charge in [0.1, 0.15) is 0 Å². The van der Waals surface area contributed by atoms with Gasteiger partial charge in [-0.1, -0.05) is 121 Å². The molecular formula is C42H26N2. The lowest BCUT2D eigenvalue weighted by molar-refractivity contribution is 1.20. The number of hydrogen-bond donors (Lipinski definition) is 1. The molecule has 0 amide bonds. The maximum atomic E-state index is 3.72. The Kier molecular flexibility index (Phi) is 4.75. The predicted octanol–water partition coefficient (Wildman–Crippen LogP) is 11.5. The first kappa shape index (κ1) is 23.7. The van der Waals surface area contributed by atoms with Crippen molar-refractivity contribution in [3.8, 4) is 16.8 Å². The van der Waals surface area contributed by atoms with E-state index in [0.717, 1.165) is 0 Å². The fourth-order valence-electron chi connectivity index (χ4n) is 7.61. The Morgan fingerprint density at radius 2 is 0.955 bits per heavy atom. The minimum atomic E-state index is 1.17. The average molecular weight is 559 g/mol. The molecule has 0 spiro atoms. The van der Waals surface area contributed by atoms with Crippen molar-refractivity contribution in [2.75, 3.05) is 0 Å². The summed E-state index contributed by atoms with van der Waals surface area (Å²) in [4.78, 5) is 3.72. The van der Waals surface area contributed by atoms with Crippen LogP contribution < -0.4 is 0 Å². The van der Waals surface area contributed by atoms with Crippen LogP contribution >= 0.6 is 0 Å². The predicted molar refractivity (Wildman–Crippen MR) is 188 cm³/mol. The van der Waals surface area contributed by atoms with Gasteiger partial charge in [0.2, 0.25) is 0 Å². The van der Waals surface area contributed by atoms with Crippen LogP contribution in [0.3, 0.4) is 0 Å². The lowest BCUT2D eigenvalue weighted by Gasteiger charge is -2.16. The van der Waals surface area contributed by atoms with E-state index in [-0.39, 0.29) is 0 Å². The van der Waals surface area contributed by atoms with Gasteiger partial charge >= 0.3 is 0 Å². The third-order valence-electron chi connectivity index (χ3n) is 9.49. The van der Waals surface area contributed by atoms with E-state index in [1.165, 1.54) is 92.7 Å². The van der Waals surface area contributed by atoms with Gasteiger partial charge in [0.05, 0.1) is 22.2 Å². The number of aromatic amines is 1. The number of para-hydroxylation sites is 2. The number of H-pyrrole nitrogens is 1. The number of fused-ring (bicyclic) bond motifs is 11. The number of rotatable bonds is 2. The molecule has 0 aliphatic carbocycles. The summed E-state index contributed by atoms with van der Waals surface area (Å²) in [7, 11) is 0. The van der Waals surface area contributed by atoms with Crippen molar-refractivity contribution in [3.05, 3.63) is 152 Å². The Bertz CT molecular complexity index is 2770. The van der Waals surface area contributed by atoms with Gasteiger partial charge in [0.25, 0.3) is 0 Å². The molecule has 1 N–H and O–H groups in total. The van der Waals surface area contributed by atoms with E-state index in [1.807, 2.05) is 0 Å². The van der Waals surface area contributed by atoms with Crippen molar-refractivity contribution in [3.63, 3.8) is 0 Å². The quantitative estimate of drug-likeness (QED) is 0.218. The summed E-state index contributed by atoms with van der Waals surface area (Å²) in [6.45, 7) is 0. The molecule has 0 unspecified atom stereocenters. The first-order valence-electron chi connectivity index (χ1n) is 15.2. The average Bonchev–Trinajstić information content (AvgIpc) is 3.63. The maximum absolute atomic E-state index is 3.72. The Morgan fingerprint density at radius 3 is 1.77 bits per heavy atom. The molecule has 0 saturated carbocycles. The van der Waals surface area contributed by atoms with Crippen molar-refractivity contribution >= 4 is 75.9 Å². The van der Waals surface area contributed by atoms with Gasteiger partial charge in [-0.2, -0.15) is 0 Å². The summed E-state index contributed by atoms with van der Waals surface area (Å²) in [5, 5.41) is 12.6. The largest absolute Gasteiger partial charge is 0.354 e. The van der Waals surface area contributed by atoms with Crippen molar-refractivity contribution in [1.82, 2.24) is 9.55 Å². The number of benzene rings is 8. The van der Waals surface area contributed by atoms with E-state index in [9.17, 15) is 0 Å². The molecule has 0 radical (unpaired) electrons. The molecular weight excluding hydrogens is 532 g/mol. The lowest BCUT2D eigenvalue weighted by atomic mass is 9.90. The van der Waals surface area contributed by atoms with Crippen molar-refractivity contribution < 1.29 is 0 Å². The smallest absolute Gasteiger partial charge is 0.0620 e. The van der Waals surface area contributed by atoms with Crippen LogP contribution in [-0.2, 0) is 0 Å². The van der Waals surface area contributed by atoms with Crippen molar-refractivity contribution in [2.24, 2.45) is 0 Å². The molecule has 204 valence electrons. The molecule has 0 aliphatic heterocycles. The molecule has 2 nitrogen and oxygen atoms in total. The molecule has 0 bridgehead atoms. The molecule has 0 aliphatic rings. The minimum Gasteiger partial charge on any atom is -0.354 e. The van der Waals surface area contributed by atoms with E-state index >= 15 is 0 Å². The van der Waals surface area contributed by atoms with Gasteiger partial charge in [-0.3, -0.25) is 0 Å². The fraction of sp³-hybridized carbons (Fsp3) is 0. The highest BCUT2D eigenvalue weighted by Crippen LogP contribution is 2.45. The van der Waals surface area contributed by atoms with E-state index < -0.39 is 0 Å². The molecule has 0 atom stereocenters. The van der Waals surface area contributed by atoms with Crippen LogP contribution in [0.15, 0.2) is 152 Å². The zero-order chi connectivity index (χ0) is 28.8. The molecule has 0 fully saturated rings. The zero-order valence-electron chi connectivity index (χ0n) is 23.9.